The molecule has 106 valence electrons. The second-order valence-electron chi connectivity index (χ2n) is 3.97. The van der Waals surface area contributed by atoms with Gasteiger partial charge in [0.1, 0.15) is 0 Å². The van der Waals surface area contributed by atoms with Crippen molar-refractivity contribution in [1.82, 2.24) is 15.0 Å². The molecule has 5 nitrogen and oxygen atoms in total. The Kier molecular flexibility index (Phi) is 3.47. The van der Waals surface area contributed by atoms with Gasteiger partial charge in [-0.05, 0) is 18.6 Å². The lowest BCUT2D eigenvalue weighted by molar-refractivity contribution is -0.137. The standard InChI is InChI=1S/C12H10F3N3O2/c1-2-8-10(11(19)20)16-17-18(8)9-6-4-3-5-7(9)12(13,14)15/h3-6H,2H2,1H3,(H,19,20). The molecule has 0 aliphatic rings. The topological polar surface area (TPSA) is 68.0 Å². The summed E-state index contributed by atoms with van der Waals surface area (Å²) >= 11 is 0. The number of hydrogen-bond donors (Lipinski definition) is 1. The largest absolute Gasteiger partial charge is 0.476 e. The molecule has 1 heterocycles. The van der Waals surface area contributed by atoms with Gasteiger partial charge in [0.15, 0.2) is 5.69 Å². The molecule has 0 spiro atoms. The molecule has 0 atom stereocenters. The van der Waals surface area contributed by atoms with Crippen LogP contribution in [0.25, 0.3) is 5.69 Å². The molecule has 0 radical (unpaired) electrons. The average molecular weight is 285 g/mol. The van der Waals surface area contributed by atoms with Crippen molar-refractivity contribution in [3.63, 3.8) is 0 Å². The lowest BCUT2D eigenvalue weighted by Crippen LogP contribution is -2.13. The van der Waals surface area contributed by atoms with Crippen LogP contribution < -0.4 is 0 Å². The van der Waals surface area contributed by atoms with E-state index in [1.807, 2.05) is 0 Å². The molecular weight excluding hydrogens is 275 g/mol. The highest BCUT2D eigenvalue weighted by atomic mass is 19.4. The number of para-hydroxylation sites is 1. The molecule has 0 saturated heterocycles. The molecule has 0 aliphatic heterocycles. The van der Waals surface area contributed by atoms with Crippen LogP contribution in [-0.2, 0) is 12.6 Å². The van der Waals surface area contributed by atoms with Crippen LogP contribution in [0.15, 0.2) is 24.3 Å². The minimum absolute atomic E-state index is 0.120. The zero-order valence-electron chi connectivity index (χ0n) is 10.3. The Morgan fingerprint density at radius 2 is 2.00 bits per heavy atom. The van der Waals surface area contributed by atoms with Crippen molar-refractivity contribution >= 4 is 5.97 Å². The summed E-state index contributed by atoms with van der Waals surface area (Å²) in [6, 6.07) is 4.82. The summed E-state index contributed by atoms with van der Waals surface area (Å²) in [5.41, 5.74) is -1.35. The molecule has 0 saturated carbocycles. The fourth-order valence-corrected chi connectivity index (χ4v) is 1.88. The van der Waals surface area contributed by atoms with Gasteiger partial charge in [-0.3, -0.25) is 0 Å². The third kappa shape index (κ3) is 2.36. The Balaban J connectivity index is 2.67. The third-order valence-corrected chi connectivity index (χ3v) is 2.74. The van der Waals surface area contributed by atoms with Gasteiger partial charge in [0.25, 0.3) is 0 Å². The monoisotopic (exact) mass is 285 g/mol. The van der Waals surface area contributed by atoms with Gasteiger partial charge in [-0.15, -0.1) is 5.10 Å². The molecule has 1 aromatic heterocycles. The molecule has 1 aromatic carbocycles. The lowest BCUT2D eigenvalue weighted by Gasteiger charge is -2.13. The minimum atomic E-state index is -4.56. The van der Waals surface area contributed by atoms with E-state index in [-0.39, 0.29) is 23.5 Å². The fourth-order valence-electron chi connectivity index (χ4n) is 1.88. The minimum Gasteiger partial charge on any atom is -0.476 e. The first-order valence-electron chi connectivity index (χ1n) is 5.70. The number of carboxylic acid groups (broad SMARTS) is 1. The molecule has 0 aliphatic carbocycles. The molecule has 1 N–H and O–H groups in total. The van der Waals surface area contributed by atoms with Crippen molar-refractivity contribution in [1.29, 1.82) is 0 Å². The second-order valence-corrected chi connectivity index (χ2v) is 3.97. The summed E-state index contributed by atoms with van der Waals surface area (Å²) in [7, 11) is 0. The summed E-state index contributed by atoms with van der Waals surface area (Å²) in [5, 5.41) is 15.9. The van der Waals surface area contributed by atoms with Gasteiger partial charge in [-0.1, -0.05) is 24.3 Å². The van der Waals surface area contributed by atoms with E-state index in [1.165, 1.54) is 18.2 Å². The number of benzene rings is 1. The predicted octanol–water partition coefficient (Wildman–Crippen LogP) is 2.55. The number of aromatic carboxylic acids is 1. The smallest absolute Gasteiger partial charge is 0.418 e. The Bertz CT molecular complexity index is 650. The van der Waals surface area contributed by atoms with E-state index in [9.17, 15) is 18.0 Å². The first-order chi connectivity index (χ1) is 9.36. The third-order valence-electron chi connectivity index (χ3n) is 2.74. The number of carboxylic acids is 1. The number of rotatable bonds is 3. The van der Waals surface area contributed by atoms with Crippen molar-refractivity contribution in [3.8, 4) is 5.69 Å². The number of aromatic nitrogens is 3. The van der Waals surface area contributed by atoms with Crippen LogP contribution in [0.2, 0.25) is 0 Å². The SMILES string of the molecule is CCc1c(C(=O)O)nnn1-c1ccccc1C(F)(F)F. The number of nitrogens with zero attached hydrogens (tertiary/aromatic N) is 3. The maximum atomic E-state index is 13.0. The van der Waals surface area contributed by atoms with Gasteiger partial charge in [-0.2, -0.15) is 13.2 Å². The van der Waals surface area contributed by atoms with E-state index in [0.29, 0.717) is 0 Å². The van der Waals surface area contributed by atoms with Gasteiger partial charge in [-0.25, -0.2) is 9.48 Å². The van der Waals surface area contributed by atoms with Gasteiger partial charge >= 0.3 is 12.1 Å². The van der Waals surface area contributed by atoms with Gasteiger partial charge in [0.2, 0.25) is 0 Å². The predicted molar refractivity (Wildman–Crippen MR) is 62.7 cm³/mol. The van der Waals surface area contributed by atoms with Crippen LogP contribution in [0.5, 0.6) is 0 Å². The molecule has 0 bridgehead atoms. The van der Waals surface area contributed by atoms with Crippen molar-refractivity contribution in [2.45, 2.75) is 19.5 Å². The van der Waals surface area contributed by atoms with Gasteiger partial charge < -0.3 is 5.11 Å². The molecule has 8 heteroatoms. The Labute approximate surface area is 111 Å². The number of hydrogen-bond acceptors (Lipinski definition) is 3. The number of halogens is 3. The van der Waals surface area contributed by atoms with Crippen LogP contribution in [-0.4, -0.2) is 26.1 Å². The summed E-state index contributed by atoms with van der Waals surface area (Å²) in [5.74, 6) is -1.32. The highest BCUT2D eigenvalue weighted by Crippen LogP contribution is 2.34. The quantitative estimate of drug-likeness (QED) is 0.941. The first-order valence-corrected chi connectivity index (χ1v) is 5.70. The number of alkyl halides is 3. The van der Waals surface area contributed by atoms with Gasteiger partial charge in [0.05, 0.1) is 16.9 Å². The zero-order valence-corrected chi connectivity index (χ0v) is 10.3. The molecule has 2 rings (SSSR count). The van der Waals surface area contributed by atoms with Crippen LogP contribution in [0.1, 0.15) is 28.7 Å². The molecule has 2 aromatic rings. The Morgan fingerprint density at radius 3 is 2.55 bits per heavy atom. The van der Waals surface area contributed by atoms with Crippen molar-refractivity contribution < 1.29 is 23.1 Å². The Morgan fingerprint density at radius 1 is 1.35 bits per heavy atom. The molecule has 0 unspecified atom stereocenters. The molecule has 0 fully saturated rings. The van der Waals surface area contributed by atoms with Crippen LogP contribution in [0.3, 0.4) is 0 Å². The van der Waals surface area contributed by atoms with Gasteiger partial charge in [0, 0.05) is 0 Å². The highest BCUT2D eigenvalue weighted by molar-refractivity contribution is 5.86. The van der Waals surface area contributed by atoms with E-state index < -0.39 is 17.7 Å². The fraction of sp³-hybridized carbons (Fsp3) is 0.250. The van der Waals surface area contributed by atoms with Crippen molar-refractivity contribution in [3.05, 3.63) is 41.2 Å². The molecule has 20 heavy (non-hydrogen) atoms. The summed E-state index contributed by atoms with van der Waals surface area (Å²) < 4.78 is 39.8. The first kappa shape index (κ1) is 14.0. The van der Waals surface area contributed by atoms with Crippen molar-refractivity contribution in [2.75, 3.05) is 0 Å². The second kappa shape index (κ2) is 4.95. The van der Waals surface area contributed by atoms with E-state index in [4.69, 9.17) is 5.11 Å². The molecular formula is C12H10F3N3O2. The number of carbonyl (C=O) groups is 1. The van der Waals surface area contributed by atoms with E-state index >= 15 is 0 Å². The maximum absolute atomic E-state index is 13.0. The van der Waals surface area contributed by atoms with Crippen molar-refractivity contribution in [2.24, 2.45) is 0 Å². The average Bonchev–Trinajstić information content (AvgIpc) is 2.81. The van der Waals surface area contributed by atoms with Crippen LogP contribution in [0.4, 0.5) is 13.2 Å². The summed E-state index contributed by atoms with van der Waals surface area (Å²) in [4.78, 5) is 11.0. The lowest BCUT2D eigenvalue weighted by atomic mass is 10.1. The zero-order chi connectivity index (χ0) is 14.9. The van der Waals surface area contributed by atoms with Crippen LogP contribution >= 0.6 is 0 Å². The maximum Gasteiger partial charge on any atom is 0.418 e. The van der Waals surface area contributed by atoms with E-state index in [0.717, 1.165) is 10.7 Å². The van der Waals surface area contributed by atoms with E-state index in [1.54, 1.807) is 6.92 Å². The normalized spacial score (nSPS) is 11.6. The molecule has 0 amide bonds. The Hall–Kier alpha value is -2.38. The highest BCUT2D eigenvalue weighted by Gasteiger charge is 2.34. The van der Waals surface area contributed by atoms with Crippen LogP contribution in [0, 0.1) is 0 Å². The van der Waals surface area contributed by atoms with E-state index in [2.05, 4.69) is 10.3 Å². The summed E-state index contributed by atoms with van der Waals surface area (Å²) in [6.07, 6.45) is -4.36. The summed E-state index contributed by atoms with van der Waals surface area (Å²) in [6.45, 7) is 1.62.